The number of fused-ring (bicyclic) bond motifs is 1. The molecule has 0 aliphatic rings. The molecule has 1 aromatic heterocycles. The number of carboxylic acid groups (broad SMARTS) is 1. The first-order valence-corrected chi connectivity index (χ1v) is 4.48. The van der Waals surface area contributed by atoms with E-state index in [2.05, 4.69) is 4.98 Å². The summed E-state index contributed by atoms with van der Waals surface area (Å²) in [6.45, 7) is 1.82. The number of carboxylic acids is 1. The predicted octanol–water partition coefficient (Wildman–Crippen LogP) is 1.82. The summed E-state index contributed by atoms with van der Waals surface area (Å²) in [5, 5.41) is 10.3. The molecule has 0 aliphatic heterocycles. The van der Waals surface area contributed by atoms with E-state index in [1.165, 1.54) is 6.07 Å². The van der Waals surface area contributed by atoms with Gasteiger partial charge in [0.25, 0.3) is 0 Å². The largest absolute Gasteiger partial charge is 0.478 e. The van der Waals surface area contributed by atoms with Gasteiger partial charge >= 0.3 is 5.97 Å². The summed E-state index contributed by atoms with van der Waals surface area (Å²) in [7, 11) is 0. The van der Waals surface area contributed by atoms with Crippen LogP contribution in [0.25, 0.3) is 10.8 Å². The molecule has 4 nitrogen and oxygen atoms in total. The van der Waals surface area contributed by atoms with Crippen LogP contribution in [-0.4, -0.2) is 16.1 Å². The highest BCUT2D eigenvalue weighted by atomic mass is 16.4. The molecule has 0 saturated heterocycles. The second-order valence-corrected chi connectivity index (χ2v) is 3.36. The minimum atomic E-state index is -0.988. The van der Waals surface area contributed by atoms with Gasteiger partial charge in [-0.15, -0.1) is 0 Å². The fourth-order valence-electron chi connectivity index (χ4n) is 1.66. The fourth-order valence-corrected chi connectivity index (χ4v) is 1.66. The topological polar surface area (TPSA) is 76.2 Å². The zero-order valence-corrected chi connectivity index (χ0v) is 8.19. The molecule has 0 saturated carbocycles. The number of aryl methyl sites for hydroxylation is 1. The summed E-state index contributed by atoms with van der Waals surface area (Å²) in [6.07, 6.45) is 0. The minimum Gasteiger partial charge on any atom is -0.478 e. The second-order valence-electron chi connectivity index (χ2n) is 3.36. The van der Waals surface area contributed by atoms with E-state index in [-0.39, 0.29) is 11.4 Å². The standard InChI is InChI=1S/C11H10N2O2/c1-6-5-7-3-2-4-8(11(14)15)9(7)10(12)13-6/h2-5H,1H3,(H2,12,13)(H,14,15). The Morgan fingerprint density at radius 2 is 2.20 bits per heavy atom. The zero-order chi connectivity index (χ0) is 11.0. The van der Waals surface area contributed by atoms with Gasteiger partial charge in [0.1, 0.15) is 5.82 Å². The molecule has 0 fully saturated rings. The van der Waals surface area contributed by atoms with Crippen molar-refractivity contribution in [3.63, 3.8) is 0 Å². The van der Waals surface area contributed by atoms with Gasteiger partial charge in [-0.1, -0.05) is 12.1 Å². The van der Waals surface area contributed by atoms with Crippen molar-refractivity contribution in [3.8, 4) is 0 Å². The van der Waals surface area contributed by atoms with E-state index in [1.807, 2.05) is 19.1 Å². The maximum atomic E-state index is 11.0. The molecular formula is C11H10N2O2. The molecular weight excluding hydrogens is 192 g/mol. The molecule has 0 bridgehead atoms. The Bertz CT molecular complexity index is 550. The molecule has 0 radical (unpaired) electrons. The van der Waals surface area contributed by atoms with E-state index in [0.717, 1.165) is 11.1 Å². The predicted molar refractivity (Wildman–Crippen MR) is 57.9 cm³/mol. The Hall–Kier alpha value is -2.10. The van der Waals surface area contributed by atoms with Crippen LogP contribution in [0.2, 0.25) is 0 Å². The molecule has 0 unspecified atom stereocenters. The lowest BCUT2D eigenvalue weighted by molar-refractivity contribution is 0.0699. The highest BCUT2D eigenvalue weighted by molar-refractivity contribution is 6.07. The lowest BCUT2D eigenvalue weighted by Crippen LogP contribution is -2.02. The van der Waals surface area contributed by atoms with Crippen LogP contribution in [0, 0.1) is 6.92 Å². The Balaban J connectivity index is 2.91. The van der Waals surface area contributed by atoms with Crippen molar-refractivity contribution >= 4 is 22.6 Å². The number of hydrogen-bond acceptors (Lipinski definition) is 3. The Morgan fingerprint density at radius 1 is 1.47 bits per heavy atom. The number of aromatic carboxylic acids is 1. The molecule has 3 N–H and O–H groups in total. The number of carbonyl (C=O) groups is 1. The van der Waals surface area contributed by atoms with Gasteiger partial charge in [0.15, 0.2) is 0 Å². The normalized spacial score (nSPS) is 10.5. The monoisotopic (exact) mass is 202 g/mol. The van der Waals surface area contributed by atoms with E-state index in [1.54, 1.807) is 6.07 Å². The van der Waals surface area contributed by atoms with Gasteiger partial charge in [0.05, 0.1) is 5.56 Å². The molecule has 4 heteroatoms. The maximum absolute atomic E-state index is 11.0. The first-order valence-electron chi connectivity index (χ1n) is 4.48. The van der Waals surface area contributed by atoms with Crippen LogP contribution in [0.4, 0.5) is 5.82 Å². The SMILES string of the molecule is Cc1cc2cccc(C(=O)O)c2c(N)n1. The second kappa shape index (κ2) is 3.24. The van der Waals surface area contributed by atoms with Gasteiger partial charge < -0.3 is 10.8 Å². The van der Waals surface area contributed by atoms with Crippen molar-refractivity contribution in [2.24, 2.45) is 0 Å². The van der Waals surface area contributed by atoms with Crippen LogP contribution in [0.15, 0.2) is 24.3 Å². The summed E-state index contributed by atoms with van der Waals surface area (Å²) in [5.41, 5.74) is 6.69. The molecule has 2 aromatic rings. The third kappa shape index (κ3) is 1.50. The number of anilines is 1. The van der Waals surface area contributed by atoms with E-state index in [0.29, 0.717) is 5.39 Å². The molecule has 0 amide bonds. The number of rotatable bonds is 1. The molecule has 1 heterocycles. The van der Waals surface area contributed by atoms with E-state index in [4.69, 9.17) is 10.8 Å². The number of hydrogen-bond donors (Lipinski definition) is 2. The number of benzene rings is 1. The van der Waals surface area contributed by atoms with Crippen molar-refractivity contribution in [1.29, 1.82) is 0 Å². The maximum Gasteiger partial charge on any atom is 0.336 e. The van der Waals surface area contributed by atoms with Gasteiger partial charge in [-0.3, -0.25) is 0 Å². The van der Waals surface area contributed by atoms with E-state index < -0.39 is 5.97 Å². The molecule has 1 aromatic carbocycles. The lowest BCUT2D eigenvalue weighted by atomic mass is 10.1. The first kappa shape index (κ1) is 9.45. The average molecular weight is 202 g/mol. The van der Waals surface area contributed by atoms with E-state index in [9.17, 15) is 4.79 Å². The number of aromatic nitrogens is 1. The number of nitrogen functional groups attached to an aromatic ring is 1. The van der Waals surface area contributed by atoms with Gasteiger partial charge in [-0.25, -0.2) is 9.78 Å². The Labute approximate surface area is 86.4 Å². The smallest absolute Gasteiger partial charge is 0.336 e. The minimum absolute atomic E-state index is 0.192. The van der Waals surface area contributed by atoms with Crippen molar-refractivity contribution in [2.75, 3.05) is 5.73 Å². The molecule has 0 aliphatic carbocycles. The third-order valence-corrected chi connectivity index (χ3v) is 2.24. The van der Waals surface area contributed by atoms with Crippen LogP contribution < -0.4 is 5.73 Å². The number of nitrogens with two attached hydrogens (primary N) is 1. The zero-order valence-electron chi connectivity index (χ0n) is 8.19. The van der Waals surface area contributed by atoms with Crippen LogP contribution in [0.3, 0.4) is 0 Å². The van der Waals surface area contributed by atoms with Crippen LogP contribution in [0.5, 0.6) is 0 Å². The van der Waals surface area contributed by atoms with Crippen molar-refractivity contribution in [3.05, 3.63) is 35.5 Å². The van der Waals surface area contributed by atoms with Crippen molar-refractivity contribution < 1.29 is 9.90 Å². The van der Waals surface area contributed by atoms with Gasteiger partial charge in [-0.2, -0.15) is 0 Å². The summed E-state index contributed by atoms with van der Waals surface area (Å²) in [5.74, 6) is -0.721. The summed E-state index contributed by atoms with van der Waals surface area (Å²) in [6, 6.07) is 6.87. The number of nitrogens with zero attached hydrogens (tertiary/aromatic N) is 1. The first-order chi connectivity index (χ1) is 7.09. The van der Waals surface area contributed by atoms with Gasteiger partial charge in [0.2, 0.25) is 0 Å². The molecule has 0 atom stereocenters. The lowest BCUT2D eigenvalue weighted by Gasteiger charge is -2.06. The average Bonchev–Trinajstić information content (AvgIpc) is 2.16. The molecule has 0 spiro atoms. The van der Waals surface area contributed by atoms with Crippen LogP contribution >= 0.6 is 0 Å². The summed E-state index contributed by atoms with van der Waals surface area (Å²) in [4.78, 5) is 15.0. The molecule has 2 rings (SSSR count). The Morgan fingerprint density at radius 3 is 2.87 bits per heavy atom. The fraction of sp³-hybridized carbons (Fsp3) is 0.0909. The van der Waals surface area contributed by atoms with Crippen LogP contribution in [0.1, 0.15) is 16.1 Å². The highest BCUT2D eigenvalue weighted by Crippen LogP contribution is 2.24. The highest BCUT2D eigenvalue weighted by Gasteiger charge is 2.11. The summed E-state index contributed by atoms with van der Waals surface area (Å²) < 4.78 is 0. The van der Waals surface area contributed by atoms with Crippen molar-refractivity contribution in [1.82, 2.24) is 4.98 Å². The quantitative estimate of drug-likeness (QED) is 0.739. The van der Waals surface area contributed by atoms with Gasteiger partial charge in [-0.05, 0) is 24.4 Å². The van der Waals surface area contributed by atoms with Crippen molar-refractivity contribution in [2.45, 2.75) is 6.92 Å². The number of pyridine rings is 1. The molecule has 76 valence electrons. The van der Waals surface area contributed by atoms with Gasteiger partial charge in [0, 0.05) is 11.1 Å². The van der Waals surface area contributed by atoms with E-state index >= 15 is 0 Å². The summed E-state index contributed by atoms with van der Waals surface area (Å²) >= 11 is 0. The molecule has 15 heavy (non-hydrogen) atoms. The van der Waals surface area contributed by atoms with Crippen LogP contribution in [-0.2, 0) is 0 Å². The third-order valence-electron chi connectivity index (χ3n) is 2.24. The Kier molecular flexibility index (Phi) is 2.04.